The van der Waals surface area contributed by atoms with Crippen molar-refractivity contribution in [2.45, 2.75) is 19.6 Å². The first-order valence-corrected chi connectivity index (χ1v) is 5.38. The van der Waals surface area contributed by atoms with Crippen molar-refractivity contribution < 1.29 is 24.1 Å². The Kier molecular flexibility index (Phi) is 3.40. The molecule has 1 aromatic rings. The maximum atomic E-state index is 10.6. The Balaban J connectivity index is 2.07. The molecule has 0 aliphatic carbocycles. The fraction of sp³-hybridized carbons (Fsp3) is 0.364. The van der Waals surface area contributed by atoms with Crippen LogP contribution in [0.15, 0.2) is 12.1 Å². The monoisotopic (exact) mass is 258 g/mol. The lowest BCUT2D eigenvalue weighted by molar-refractivity contribution is -0.149. The molecule has 0 saturated heterocycles. The average molecular weight is 259 g/mol. The third-order valence-corrected chi connectivity index (χ3v) is 2.62. The van der Waals surface area contributed by atoms with Gasteiger partial charge in [0.25, 0.3) is 0 Å². The van der Waals surface area contributed by atoms with Gasteiger partial charge in [0.2, 0.25) is 6.79 Å². The second-order valence-electron chi connectivity index (χ2n) is 3.60. The molecule has 0 bridgehead atoms. The summed E-state index contributed by atoms with van der Waals surface area (Å²) in [5, 5.41) is 9.11. The Hall–Kier alpha value is -1.46. The van der Waals surface area contributed by atoms with Crippen LogP contribution >= 0.6 is 11.6 Å². The number of carboxylic acid groups (broad SMARTS) is 1. The second kappa shape index (κ2) is 4.81. The van der Waals surface area contributed by atoms with Gasteiger partial charge in [-0.1, -0.05) is 11.6 Å². The predicted octanol–water partition coefficient (Wildman–Crippen LogP) is 2.06. The van der Waals surface area contributed by atoms with E-state index in [1.807, 2.05) is 0 Å². The molecule has 0 spiro atoms. The third-order valence-electron chi connectivity index (χ3n) is 2.33. The van der Waals surface area contributed by atoms with Crippen molar-refractivity contribution in [3.05, 3.63) is 22.7 Å². The number of hydrogen-bond acceptors (Lipinski definition) is 4. The van der Waals surface area contributed by atoms with Crippen molar-refractivity contribution in [1.29, 1.82) is 0 Å². The van der Waals surface area contributed by atoms with Gasteiger partial charge in [-0.05, 0) is 24.6 Å². The lowest BCUT2D eigenvalue weighted by Gasteiger charge is -2.09. The molecule has 0 amide bonds. The van der Waals surface area contributed by atoms with Crippen molar-refractivity contribution in [1.82, 2.24) is 0 Å². The minimum absolute atomic E-state index is 0.144. The largest absolute Gasteiger partial charge is 0.479 e. The average Bonchev–Trinajstić information content (AvgIpc) is 2.74. The molecule has 92 valence electrons. The van der Waals surface area contributed by atoms with Crippen molar-refractivity contribution in [2.24, 2.45) is 0 Å². The highest BCUT2D eigenvalue weighted by Gasteiger charge is 2.19. The first-order chi connectivity index (χ1) is 8.08. The van der Waals surface area contributed by atoms with Crippen LogP contribution in [0.4, 0.5) is 0 Å². The van der Waals surface area contributed by atoms with Gasteiger partial charge in [0.05, 0.1) is 11.6 Å². The van der Waals surface area contributed by atoms with Gasteiger partial charge >= 0.3 is 5.97 Å². The first kappa shape index (κ1) is 12.0. The quantitative estimate of drug-likeness (QED) is 0.895. The molecule has 0 fully saturated rings. The van der Waals surface area contributed by atoms with Crippen LogP contribution in [-0.4, -0.2) is 24.0 Å². The van der Waals surface area contributed by atoms with Crippen LogP contribution < -0.4 is 9.47 Å². The van der Waals surface area contributed by atoms with Gasteiger partial charge < -0.3 is 19.3 Å². The maximum absolute atomic E-state index is 10.6. The Morgan fingerprint density at radius 3 is 3.06 bits per heavy atom. The molecule has 5 nitrogen and oxygen atoms in total. The van der Waals surface area contributed by atoms with E-state index in [1.165, 1.54) is 6.92 Å². The Bertz CT molecular complexity index is 446. The number of aliphatic carboxylic acids is 1. The number of ether oxygens (including phenoxy) is 3. The summed E-state index contributed by atoms with van der Waals surface area (Å²) in [7, 11) is 0. The summed E-state index contributed by atoms with van der Waals surface area (Å²) in [6.07, 6.45) is -0.862. The summed E-state index contributed by atoms with van der Waals surface area (Å²) in [4.78, 5) is 10.6. The summed E-state index contributed by atoms with van der Waals surface area (Å²) < 4.78 is 15.5. The van der Waals surface area contributed by atoms with Gasteiger partial charge in [0, 0.05) is 0 Å². The normalized spacial score (nSPS) is 14.7. The van der Waals surface area contributed by atoms with Gasteiger partial charge in [-0.25, -0.2) is 4.79 Å². The van der Waals surface area contributed by atoms with Gasteiger partial charge in [0.15, 0.2) is 17.6 Å². The highest BCUT2D eigenvalue weighted by molar-refractivity contribution is 6.32. The summed E-state index contributed by atoms with van der Waals surface area (Å²) in [5.74, 6) is 0.0672. The zero-order chi connectivity index (χ0) is 12.4. The molecular formula is C11H11ClO5. The van der Waals surface area contributed by atoms with Gasteiger partial charge in [-0.3, -0.25) is 0 Å². The molecule has 0 unspecified atom stereocenters. The van der Waals surface area contributed by atoms with E-state index in [0.29, 0.717) is 16.5 Å². The van der Waals surface area contributed by atoms with E-state index in [9.17, 15) is 4.79 Å². The SMILES string of the molecule is C[C@H](OCc1cc(Cl)c2c(c1)OCO2)C(=O)O. The zero-order valence-electron chi connectivity index (χ0n) is 9.10. The van der Waals surface area contributed by atoms with E-state index in [0.717, 1.165) is 5.56 Å². The van der Waals surface area contributed by atoms with Crippen molar-refractivity contribution in [3.63, 3.8) is 0 Å². The molecule has 1 aliphatic rings. The number of benzene rings is 1. The minimum atomic E-state index is -1.00. The molecule has 0 aromatic heterocycles. The molecule has 1 aromatic carbocycles. The minimum Gasteiger partial charge on any atom is -0.479 e. The van der Waals surface area contributed by atoms with E-state index >= 15 is 0 Å². The number of fused-ring (bicyclic) bond motifs is 1. The van der Waals surface area contributed by atoms with Gasteiger partial charge in [-0.2, -0.15) is 0 Å². The summed E-state index contributed by atoms with van der Waals surface area (Å²) in [5.41, 5.74) is 0.743. The molecule has 0 saturated carbocycles. The number of carbonyl (C=O) groups is 1. The van der Waals surface area contributed by atoms with Crippen LogP contribution in [0.25, 0.3) is 0 Å². The van der Waals surface area contributed by atoms with E-state index in [2.05, 4.69) is 0 Å². The third kappa shape index (κ3) is 2.62. The van der Waals surface area contributed by atoms with E-state index < -0.39 is 12.1 Å². The summed E-state index contributed by atoms with van der Waals surface area (Å²) in [6.45, 7) is 1.77. The van der Waals surface area contributed by atoms with Crippen molar-refractivity contribution in [2.75, 3.05) is 6.79 Å². The van der Waals surface area contributed by atoms with Gasteiger partial charge in [0.1, 0.15) is 0 Å². The fourth-order valence-corrected chi connectivity index (χ4v) is 1.68. The number of halogens is 1. The van der Waals surface area contributed by atoms with Crippen LogP contribution in [0.3, 0.4) is 0 Å². The first-order valence-electron chi connectivity index (χ1n) is 5.00. The number of carboxylic acids is 1. The molecule has 1 heterocycles. The predicted molar refractivity (Wildman–Crippen MR) is 59.5 cm³/mol. The highest BCUT2D eigenvalue weighted by Crippen LogP contribution is 2.39. The standard InChI is InChI=1S/C11H11ClO5/c1-6(11(13)14)15-4-7-2-8(12)10-9(3-7)16-5-17-10/h2-3,6H,4-5H2,1H3,(H,13,14)/t6-/m0/s1. The van der Waals surface area contributed by atoms with Crippen molar-refractivity contribution >= 4 is 17.6 Å². The molecule has 6 heteroatoms. The molecule has 1 aliphatic heterocycles. The second-order valence-corrected chi connectivity index (χ2v) is 4.01. The van der Waals surface area contributed by atoms with Crippen LogP contribution in [-0.2, 0) is 16.1 Å². The summed E-state index contributed by atoms with van der Waals surface area (Å²) in [6, 6.07) is 3.40. The molecule has 0 radical (unpaired) electrons. The number of rotatable bonds is 4. The molecule has 1 N–H and O–H groups in total. The summed E-state index contributed by atoms with van der Waals surface area (Å²) >= 11 is 5.98. The van der Waals surface area contributed by atoms with Crippen LogP contribution in [0.5, 0.6) is 11.5 Å². The highest BCUT2D eigenvalue weighted by atomic mass is 35.5. The van der Waals surface area contributed by atoms with E-state index in [1.54, 1.807) is 12.1 Å². The van der Waals surface area contributed by atoms with Crippen LogP contribution in [0.1, 0.15) is 12.5 Å². The van der Waals surface area contributed by atoms with Crippen LogP contribution in [0.2, 0.25) is 5.02 Å². The Morgan fingerprint density at radius 2 is 2.35 bits per heavy atom. The Labute approximate surface area is 103 Å². The topological polar surface area (TPSA) is 65.0 Å². The fourth-order valence-electron chi connectivity index (χ4n) is 1.40. The van der Waals surface area contributed by atoms with E-state index in [4.69, 9.17) is 30.9 Å². The lowest BCUT2D eigenvalue weighted by Crippen LogP contribution is -2.19. The molecule has 1 atom stereocenters. The maximum Gasteiger partial charge on any atom is 0.332 e. The molecular weight excluding hydrogens is 248 g/mol. The van der Waals surface area contributed by atoms with Crippen LogP contribution in [0, 0.1) is 0 Å². The van der Waals surface area contributed by atoms with E-state index in [-0.39, 0.29) is 13.4 Å². The van der Waals surface area contributed by atoms with Gasteiger partial charge in [-0.15, -0.1) is 0 Å². The lowest BCUT2D eigenvalue weighted by atomic mass is 10.2. The molecule has 2 rings (SSSR count). The number of hydrogen-bond donors (Lipinski definition) is 1. The smallest absolute Gasteiger partial charge is 0.332 e. The molecule has 17 heavy (non-hydrogen) atoms. The Morgan fingerprint density at radius 1 is 1.59 bits per heavy atom. The zero-order valence-corrected chi connectivity index (χ0v) is 9.86. The van der Waals surface area contributed by atoms with Crippen molar-refractivity contribution in [3.8, 4) is 11.5 Å².